The predicted molar refractivity (Wildman–Crippen MR) is 65.8 cm³/mol. The van der Waals surface area contributed by atoms with Crippen LogP contribution in [-0.2, 0) is 4.74 Å². The zero-order chi connectivity index (χ0) is 13.3. The van der Waals surface area contributed by atoms with Crippen molar-refractivity contribution in [2.75, 3.05) is 19.8 Å². The number of amides is 1. The first-order valence-electron chi connectivity index (χ1n) is 6.70. The second-order valence-corrected chi connectivity index (χ2v) is 5.39. The minimum Gasteiger partial charge on any atom is -0.394 e. The molecule has 104 valence electrons. The number of hydrogen-bond acceptors (Lipinski definition) is 5. The van der Waals surface area contributed by atoms with Gasteiger partial charge in [-0.1, -0.05) is 5.16 Å². The maximum Gasteiger partial charge on any atom is 0.273 e. The second-order valence-electron chi connectivity index (χ2n) is 5.39. The van der Waals surface area contributed by atoms with Crippen LogP contribution in [0.1, 0.15) is 47.8 Å². The van der Waals surface area contributed by atoms with Gasteiger partial charge in [0.1, 0.15) is 5.76 Å². The van der Waals surface area contributed by atoms with Gasteiger partial charge in [-0.05, 0) is 25.7 Å². The molecule has 1 amide bonds. The average molecular weight is 266 g/mol. The highest BCUT2D eigenvalue weighted by Crippen LogP contribution is 2.40. The lowest BCUT2D eigenvalue weighted by molar-refractivity contribution is 0.0123. The summed E-state index contributed by atoms with van der Waals surface area (Å²) in [6, 6.07) is 1.71. The molecular formula is C13H18N2O4. The molecule has 0 radical (unpaired) electrons. The van der Waals surface area contributed by atoms with Crippen LogP contribution in [0.15, 0.2) is 10.6 Å². The first kappa shape index (κ1) is 12.6. The van der Waals surface area contributed by atoms with Crippen LogP contribution in [0.5, 0.6) is 0 Å². The molecule has 2 fully saturated rings. The van der Waals surface area contributed by atoms with E-state index in [2.05, 4.69) is 10.5 Å². The van der Waals surface area contributed by atoms with Crippen molar-refractivity contribution in [1.82, 2.24) is 10.5 Å². The molecule has 1 saturated heterocycles. The van der Waals surface area contributed by atoms with Crippen LogP contribution >= 0.6 is 0 Å². The van der Waals surface area contributed by atoms with Crippen molar-refractivity contribution in [3.8, 4) is 0 Å². The Kier molecular flexibility index (Phi) is 3.28. The number of carbonyl (C=O) groups is 1. The zero-order valence-electron chi connectivity index (χ0n) is 10.7. The summed E-state index contributed by atoms with van der Waals surface area (Å²) in [6.07, 6.45) is 3.44. The summed E-state index contributed by atoms with van der Waals surface area (Å²) in [5.74, 6) is 0.936. The van der Waals surface area contributed by atoms with Crippen LogP contribution in [-0.4, -0.2) is 41.5 Å². The van der Waals surface area contributed by atoms with Gasteiger partial charge in [-0.3, -0.25) is 4.79 Å². The van der Waals surface area contributed by atoms with Crippen molar-refractivity contribution in [2.24, 2.45) is 0 Å². The molecule has 2 aliphatic rings. The molecule has 0 aromatic carbocycles. The predicted octanol–water partition coefficient (Wildman–Crippen LogP) is 0.823. The van der Waals surface area contributed by atoms with Crippen LogP contribution < -0.4 is 5.32 Å². The van der Waals surface area contributed by atoms with Crippen molar-refractivity contribution in [2.45, 2.75) is 37.1 Å². The highest BCUT2D eigenvalue weighted by atomic mass is 16.5. The fourth-order valence-electron chi connectivity index (χ4n) is 2.35. The van der Waals surface area contributed by atoms with Crippen LogP contribution in [0, 0.1) is 0 Å². The molecule has 1 saturated carbocycles. The van der Waals surface area contributed by atoms with Crippen LogP contribution in [0.25, 0.3) is 0 Å². The van der Waals surface area contributed by atoms with Gasteiger partial charge in [0.15, 0.2) is 5.69 Å². The Hall–Kier alpha value is -1.40. The van der Waals surface area contributed by atoms with Gasteiger partial charge in [-0.25, -0.2) is 0 Å². The summed E-state index contributed by atoms with van der Waals surface area (Å²) in [5, 5.41) is 16.2. The molecular weight excluding hydrogens is 248 g/mol. The third kappa shape index (κ3) is 2.64. The molecule has 0 bridgehead atoms. The Morgan fingerprint density at radius 3 is 2.84 bits per heavy atom. The molecule has 0 unspecified atom stereocenters. The lowest BCUT2D eigenvalue weighted by atomic mass is 9.91. The van der Waals surface area contributed by atoms with Crippen molar-refractivity contribution in [3.05, 3.63) is 17.5 Å². The molecule has 6 nitrogen and oxygen atoms in total. The van der Waals surface area contributed by atoms with Gasteiger partial charge in [-0.15, -0.1) is 0 Å². The molecule has 1 aromatic rings. The Balaban J connectivity index is 1.68. The van der Waals surface area contributed by atoms with Gasteiger partial charge in [0.25, 0.3) is 5.91 Å². The molecule has 2 heterocycles. The zero-order valence-corrected chi connectivity index (χ0v) is 10.7. The molecule has 2 N–H and O–H groups in total. The molecule has 6 heteroatoms. The Bertz CT molecular complexity index is 461. The summed E-state index contributed by atoms with van der Waals surface area (Å²) in [5.41, 5.74) is -0.296. The summed E-state index contributed by atoms with van der Waals surface area (Å²) in [6.45, 7) is 1.01. The van der Waals surface area contributed by atoms with Crippen molar-refractivity contribution >= 4 is 5.91 Å². The fourth-order valence-corrected chi connectivity index (χ4v) is 2.35. The summed E-state index contributed by atoms with van der Waals surface area (Å²) < 4.78 is 10.4. The Morgan fingerprint density at radius 1 is 1.47 bits per heavy atom. The van der Waals surface area contributed by atoms with Crippen LogP contribution in [0.3, 0.4) is 0 Å². The number of rotatable bonds is 4. The van der Waals surface area contributed by atoms with E-state index in [-0.39, 0.29) is 12.5 Å². The second kappa shape index (κ2) is 4.94. The normalized spacial score (nSPS) is 22.2. The monoisotopic (exact) mass is 266 g/mol. The van der Waals surface area contributed by atoms with E-state index in [4.69, 9.17) is 9.26 Å². The van der Waals surface area contributed by atoms with Gasteiger partial charge < -0.3 is 19.7 Å². The summed E-state index contributed by atoms with van der Waals surface area (Å²) in [7, 11) is 0. The first-order chi connectivity index (χ1) is 9.22. The third-order valence-corrected chi connectivity index (χ3v) is 3.87. The first-order valence-corrected chi connectivity index (χ1v) is 6.70. The molecule has 1 aliphatic heterocycles. The largest absolute Gasteiger partial charge is 0.394 e. The topological polar surface area (TPSA) is 84.6 Å². The highest BCUT2D eigenvalue weighted by Gasteiger charge is 2.35. The third-order valence-electron chi connectivity index (χ3n) is 3.87. The number of ether oxygens (including phenoxy) is 1. The van der Waals surface area contributed by atoms with E-state index in [1.807, 2.05) is 0 Å². The maximum atomic E-state index is 12.1. The van der Waals surface area contributed by atoms with Gasteiger partial charge in [0, 0.05) is 25.2 Å². The molecule has 0 spiro atoms. The quantitative estimate of drug-likeness (QED) is 0.843. The van der Waals surface area contributed by atoms with E-state index in [9.17, 15) is 9.90 Å². The van der Waals surface area contributed by atoms with Gasteiger partial charge >= 0.3 is 0 Å². The van der Waals surface area contributed by atoms with E-state index >= 15 is 0 Å². The molecule has 0 atom stereocenters. The number of nitrogens with zero attached hydrogens (tertiary/aromatic N) is 1. The number of aliphatic hydroxyl groups is 1. The maximum absolute atomic E-state index is 12.1. The van der Waals surface area contributed by atoms with E-state index < -0.39 is 5.54 Å². The summed E-state index contributed by atoms with van der Waals surface area (Å²) >= 11 is 0. The van der Waals surface area contributed by atoms with Crippen LogP contribution in [0.2, 0.25) is 0 Å². The molecule has 1 aliphatic carbocycles. The standard InChI is InChI=1S/C13H18N2O4/c16-8-13(3-5-18-6-4-13)14-12(17)10-7-11(19-15-10)9-1-2-9/h7,9,16H,1-6,8H2,(H,14,17). The Labute approximate surface area is 111 Å². The lowest BCUT2D eigenvalue weighted by Crippen LogP contribution is -2.54. The fraction of sp³-hybridized carbons (Fsp3) is 0.692. The highest BCUT2D eigenvalue weighted by molar-refractivity contribution is 5.92. The number of aromatic nitrogens is 1. The smallest absolute Gasteiger partial charge is 0.273 e. The van der Waals surface area contributed by atoms with E-state index in [1.54, 1.807) is 6.07 Å². The average Bonchev–Trinajstić information content (AvgIpc) is 3.17. The molecule has 3 rings (SSSR count). The van der Waals surface area contributed by atoms with E-state index in [0.29, 0.717) is 37.7 Å². The van der Waals surface area contributed by atoms with Crippen molar-refractivity contribution < 1.29 is 19.2 Å². The van der Waals surface area contributed by atoms with Crippen molar-refractivity contribution in [3.63, 3.8) is 0 Å². The minimum atomic E-state index is -0.589. The number of nitrogens with one attached hydrogen (secondary N) is 1. The van der Waals surface area contributed by atoms with Crippen LogP contribution in [0.4, 0.5) is 0 Å². The van der Waals surface area contributed by atoms with Crippen molar-refractivity contribution in [1.29, 1.82) is 0 Å². The molecule has 19 heavy (non-hydrogen) atoms. The lowest BCUT2D eigenvalue weighted by Gasteiger charge is -2.35. The van der Waals surface area contributed by atoms with Gasteiger partial charge in [0.2, 0.25) is 0 Å². The Morgan fingerprint density at radius 2 is 2.21 bits per heavy atom. The van der Waals surface area contributed by atoms with E-state index in [1.165, 1.54) is 0 Å². The molecule has 1 aromatic heterocycles. The van der Waals surface area contributed by atoms with Gasteiger partial charge in [-0.2, -0.15) is 0 Å². The minimum absolute atomic E-state index is 0.0879. The SMILES string of the molecule is O=C(NC1(CO)CCOCC1)c1cc(C2CC2)on1. The van der Waals surface area contributed by atoms with Gasteiger partial charge in [0.05, 0.1) is 12.1 Å². The number of aliphatic hydroxyl groups excluding tert-OH is 1. The number of carbonyl (C=O) groups excluding carboxylic acids is 1. The van der Waals surface area contributed by atoms with E-state index in [0.717, 1.165) is 18.6 Å². The summed E-state index contributed by atoms with van der Waals surface area (Å²) in [4.78, 5) is 12.1. The number of hydrogen-bond donors (Lipinski definition) is 2.